The van der Waals surface area contributed by atoms with Gasteiger partial charge in [-0.2, -0.15) is 0 Å². The van der Waals surface area contributed by atoms with Crippen molar-refractivity contribution in [2.45, 2.75) is 31.7 Å². The van der Waals surface area contributed by atoms with Crippen molar-refractivity contribution in [3.8, 4) is 0 Å². The Bertz CT molecular complexity index is 763. The van der Waals surface area contributed by atoms with Crippen LogP contribution >= 0.6 is 0 Å². The summed E-state index contributed by atoms with van der Waals surface area (Å²) in [6.45, 7) is 0.545. The van der Waals surface area contributed by atoms with Crippen molar-refractivity contribution in [2.75, 3.05) is 13.1 Å². The first-order chi connectivity index (χ1) is 12.9. The SMILES string of the molecule is O=C(NCCC(=O)N1CC2CCCC2C1C(=O)O)c1ccc([N+](=O)[O-])cc1. The average Bonchev–Trinajstić information content (AvgIpc) is 3.22. The van der Waals surface area contributed by atoms with Crippen LogP contribution < -0.4 is 5.32 Å². The number of hydrogen-bond donors (Lipinski definition) is 2. The van der Waals surface area contributed by atoms with Crippen LogP contribution in [0.25, 0.3) is 0 Å². The quantitative estimate of drug-likeness (QED) is 0.571. The zero-order chi connectivity index (χ0) is 19.6. The first-order valence-electron chi connectivity index (χ1n) is 8.93. The van der Waals surface area contributed by atoms with Crippen molar-refractivity contribution in [2.24, 2.45) is 11.8 Å². The monoisotopic (exact) mass is 375 g/mol. The van der Waals surface area contributed by atoms with E-state index in [1.54, 1.807) is 0 Å². The molecule has 1 aliphatic heterocycles. The van der Waals surface area contributed by atoms with E-state index in [-0.39, 0.29) is 42.0 Å². The Kier molecular flexibility index (Phi) is 5.38. The molecule has 0 bridgehead atoms. The third-order valence-electron chi connectivity index (χ3n) is 5.43. The van der Waals surface area contributed by atoms with Gasteiger partial charge in [-0.3, -0.25) is 19.7 Å². The molecule has 1 heterocycles. The second-order valence-corrected chi connectivity index (χ2v) is 6.99. The van der Waals surface area contributed by atoms with Gasteiger partial charge in [0.2, 0.25) is 5.91 Å². The standard InChI is InChI=1S/C18H21N3O6/c22-15(20-10-12-2-1-3-14(12)16(20)18(24)25)8-9-19-17(23)11-4-6-13(7-5-11)21(26)27/h4-7,12,14,16H,1-3,8-10H2,(H,19,23)(H,24,25). The van der Waals surface area contributed by atoms with Crippen molar-refractivity contribution < 1.29 is 24.4 Å². The maximum Gasteiger partial charge on any atom is 0.326 e. The van der Waals surface area contributed by atoms with Crippen LogP contribution in [0.2, 0.25) is 0 Å². The number of nitrogens with zero attached hydrogens (tertiary/aromatic N) is 2. The largest absolute Gasteiger partial charge is 0.480 e. The van der Waals surface area contributed by atoms with Gasteiger partial charge in [0.15, 0.2) is 0 Å². The first kappa shape index (κ1) is 18.8. The van der Waals surface area contributed by atoms with Crippen LogP contribution in [-0.2, 0) is 9.59 Å². The lowest BCUT2D eigenvalue weighted by molar-refractivity contribution is -0.384. The van der Waals surface area contributed by atoms with E-state index in [2.05, 4.69) is 5.32 Å². The number of non-ortho nitro benzene ring substituents is 1. The number of benzene rings is 1. The average molecular weight is 375 g/mol. The molecule has 2 amide bonds. The van der Waals surface area contributed by atoms with Gasteiger partial charge in [-0.15, -0.1) is 0 Å². The molecule has 144 valence electrons. The summed E-state index contributed by atoms with van der Waals surface area (Å²) in [5.41, 5.74) is 0.146. The molecule has 27 heavy (non-hydrogen) atoms. The highest BCUT2D eigenvalue weighted by atomic mass is 16.6. The van der Waals surface area contributed by atoms with Crippen molar-refractivity contribution >= 4 is 23.5 Å². The van der Waals surface area contributed by atoms with Crippen molar-refractivity contribution in [1.29, 1.82) is 0 Å². The van der Waals surface area contributed by atoms with Crippen LogP contribution in [0.4, 0.5) is 5.69 Å². The molecule has 1 saturated heterocycles. The molecule has 9 nitrogen and oxygen atoms in total. The van der Waals surface area contributed by atoms with E-state index in [9.17, 15) is 29.6 Å². The number of hydrogen-bond acceptors (Lipinski definition) is 5. The van der Waals surface area contributed by atoms with E-state index < -0.39 is 22.8 Å². The molecule has 2 aliphatic rings. The van der Waals surface area contributed by atoms with E-state index in [0.717, 1.165) is 19.3 Å². The van der Waals surface area contributed by atoms with Gasteiger partial charge in [0, 0.05) is 37.2 Å². The second-order valence-electron chi connectivity index (χ2n) is 6.99. The van der Waals surface area contributed by atoms with E-state index in [1.165, 1.54) is 29.2 Å². The number of aliphatic carboxylic acids is 1. The summed E-state index contributed by atoms with van der Waals surface area (Å²) in [5, 5.41) is 22.7. The molecule has 1 aliphatic carbocycles. The van der Waals surface area contributed by atoms with Gasteiger partial charge < -0.3 is 15.3 Å². The zero-order valence-corrected chi connectivity index (χ0v) is 14.7. The highest BCUT2D eigenvalue weighted by Crippen LogP contribution is 2.42. The maximum atomic E-state index is 12.5. The highest BCUT2D eigenvalue weighted by molar-refractivity contribution is 5.94. The number of carboxylic acids is 1. The number of fused-ring (bicyclic) bond motifs is 1. The molecule has 2 fully saturated rings. The predicted molar refractivity (Wildman–Crippen MR) is 94.0 cm³/mol. The van der Waals surface area contributed by atoms with Crippen LogP contribution in [0.15, 0.2) is 24.3 Å². The van der Waals surface area contributed by atoms with Crippen LogP contribution in [0, 0.1) is 22.0 Å². The van der Waals surface area contributed by atoms with Crippen molar-refractivity contribution in [1.82, 2.24) is 10.2 Å². The Labute approximate surface area is 155 Å². The zero-order valence-electron chi connectivity index (χ0n) is 14.7. The van der Waals surface area contributed by atoms with Gasteiger partial charge >= 0.3 is 5.97 Å². The van der Waals surface area contributed by atoms with Gasteiger partial charge in [-0.1, -0.05) is 6.42 Å². The molecule has 3 atom stereocenters. The van der Waals surface area contributed by atoms with Crippen LogP contribution in [-0.4, -0.2) is 51.8 Å². The van der Waals surface area contributed by atoms with Crippen LogP contribution in [0.1, 0.15) is 36.0 Å². The molecule has 3 rings (SSSR count). The number of rotatable bonds is 6. The summed E-state index contributed by atoms with van der Waals surface area (Å²) < 4.78 is 0. The number of amides is 2. The summed E-state index contributed by atoms with van der Waals surface area (Å²) in [7, 11) is 0. The fraction of sp³-hybridized carbons (Fsp3) is 0.500. The van der Waals surface area contributed by atoms with Gasteiger partial charge in [-0.25, -0.2) is 4.79 Å². The van der Waals surface area contributed by atoms with E-state index in [4.69, 9.17) is 0 Å². The Balaban J connectivity index is 1.52. The minimum Gasteiger partial charge on any atom is -0.480 e. The molecular formula is C18H21N3O6. The number of nitro benzene ring substituents is 1. The second kappa shape index (κ2) is 7.73. The summed E-state index contributed by atoms with van der Waals surface area (Å²) >= 11 is 0. The third kappa shape index (κ3) is 3.91. The lowest BCUT2D eigenvalue weighted by atomic mass is 9.94. The van der Waals surface area contributed by atoms with Gasteiger partial charge in [0.05, 0.1) is 4.92 Å². The Morgan fingerprint density at radius 3 is 2.56 bits per heavy atom. The molecule has 3 unspecified atom stereocenters. The number of carbonyl (C=O) groups excluding carboxylic acids is 2. The van der Waals surface area contributed by atoms with Crippen LogP contribution in [0.5, 0.6) is 0 Å². The molecule has 0 radical (unpaired) electrons. The number of likely N-dealkylation sites (tertiary alicyclic amines) is 1. The lowest BCUT2D eigenvalue weighted by Gasteiger charge is -2.24. The van der Waals surface area contributed by atoms with Crippen molar-refractivity contribution in [3.63, 3.8) is 0 Å². The summed E-state index contributed by atoms with van der Waals surface area (Å²) in [6, 6.07) is 4.39. The fourth-order valence-corrected chi connectivity index (χ4v) is 4.14. The molecule has 1 saturated carbocycles. The van der Waals surface area contributed by atoms with Gasteiger partial charge in [-0.05, 0) is 36.8 Å². The number of carbonyl (C=O) groups is 3. The smallest absolute Gasteiger partial charge is 0.326 e. The van der Waals surface area contributed by atoms with Gasteiger partial charge in [0.25, 0.3) is 11.6 Å². The van der Waals surface area contributed by atoms with E-state index >= 15 is 0 Å². The molecule has 0 aromatic heterocycles. The number of nitro groups is 1. The lowest BCUT2D eigenvalue weighted by Crippen LogP contribution is -2.44. The molecule has 2 N–H and O–H groups in total. The van der Waals surface area contributed by atoms with Crippen molar-refractivity contribution in [3.05, 3.63) is 39.9 Å². The first-order valence-corrected chi connectivity index (χ1v) is 8.93. The summed E-state index contributed by atoms with van der Waals surface area (Å²) in [6.07, 6.45) is 2.81. The fourth-order valence-electron chi connectivity index (χ4n) is 4.14. The molecule has 9 heteroatoms. The van der Waals surface area contributed by atoms with E-state index in [0.29, 0.717) is 6.54 Å². The van der Waals surface area contributed by atoms with Gasteiger partial charge in [0.1, 0.15) is 6.04 Å². The summed E-state index contributed by atoms with van der Waals surface area (Å²) in [5.74, 6) is -1.40. The third-order valence-corrected chi connectivity index (χ3v) is 5.43. The predicted octanol–water partition coefficient (Wildman–Crippen LogP) is 1.43. The Morgan fingerprint density at radius 1 is 1.22 bits per heavy atom. The van der Waals surface area contributed by atoms with Crippen LogP contribution in [0.3, 0.4) is 0 Å². The minimum atomic E-state index is -0.965. The Morgan fingerprint density at radius 2 is 1.93 bits per heavy atom. The molecule has 1 aromatic rings. The maximum absolute atomic E-state index is 12.5. The van der Waals surface area contributed by atoms with E-state index in [1.807, 2.05) is 0 Å². The number of carboxylic acid groups (broad SMARTS) is 1. The Hall–Kier alpha value is -2.97. The minimum absolute atomic E-state index is 0.0158. The molecule has 1 aromatic carbocycles. The topological polar surface area (TPSA) is 130 Å². The molecule has 0 spiro atoms. The highest BCUT2D eigenvalue weighted by Gasteiger charge is 2.49. The summed E-state index contributed by atoms with van der Waals surface area (Å²) in [4.78, 5) is 47.6. The normalized spacial score (nSPS) is 23.7. The number of nitrogens with one attached hydrogen (secondary N) is 1. The molecular weight excluding hydrogens is 354 g/mol.